The maximum absolute atomic E-state index is 13.4. The number of carbonyl (C=O) groups excluding carboxylic acids is 1. The highest BCUT2D eigenvalue weighted by Crippen LogP contribution is 2.25. The van der Waals surface area contributed by atoms with Gasteiger partial charge in [0, 0.05) is 6.04 Å². The number of methoxy groups -OCH3 is 1. The molecule has 1 aliphatic rings. The third kappa shape index (κ3) is 4.51. The molecule has 0 aliphatic heterocycles. The molecule has 116 valence electrons. The minimum atomic E-state index is -0.546. The Balaban J connectivity index is 2.17. The van der Waals surface area contributed by atoms with Gasteiger partial charge in [0.1, 0.15) is 11.9 Å². The standard InChI is InChI=1S/C16H21BrFNO2/c1-21-16(20)15(11-8-9-14(18)13(17)10-11)19-12-6-4-2-3-5-7-12/h8-10,12,15,19H,2-7H2,1H3. The van der Waals surface area contributed by atoms with Crippen molar-refractivity contribution in [3.05, 3.63) is 34.1 Å². The maximum Gasteiger partial charge on any atom is 0.327 e. The van der Waals surface area contributed by atoms with Crippen molar-refractivity contribution in [3.63, 3.8) is 0 Å². The smallest absolute Gasteiger partial charge is 0.327 e. The zero-order chi connectivity index (χ0) is 15.2. The second-order valence-electron chi connectivity index (χ2n) is 5.48. The van der Waals surface area contributed by atoms with Gasteiger partial charge in [-0.1, -0.05) is 31.7 Å². The van der Waals surface area contributed by atoms with Crippen LogP contribution < -0.4 is 5.32 Å². The average molecular weight is 358 g/mol. The predicted octanol–water partition coefficient (Wildman–Crippen LogP) is 4.11. The maximum atomic E-state index is 13.4. The molecule has 1 atom stereocenters. The van der Waals surface area contributed by atoms with Crippen LogP contribution in [-0.2, 0) is 9.53 Å². The van der Waals surface area contributed by atoms with Crippen molar-refractivity contribution in [1.82, 2.24) is 5.32 Å². The number of benzene rings is 1. The summed E-state index contributed by atoms with van der Waals surface area (Å²) in [5, 5.41) is 3.39. The van der Waals surface area contributed by atoms with Crippen molar-refractivity contribution in [2.75, 3.05) is 7.11 Å². The monoisotopic (exact) mass is 357 g/mol. The van der Waals surface area contributed by atoms with Crippen molar-refractivity contribution in [1.29, 1.82) is 0 Å². The van der Waals surface area contributed by atoms with Crippen molar-refractivity contribution in [2.45, 2.75) is 50.6 Å². The Labute approximate surface area is 133 Å². The van der Waals surface area contributed by atoms with Gasteiger partial charge in [0.05, 0.1) is 11.6 Å². The lowest BCUT2D eigenvalue weighted by molar-refractivity contribution is -0.143. The molecule has 0 radical (unpaired) electrons. The second kappa shape index (κ2) is 7.90. The Morgan fingerprint density at radius 3 is 2.57 bits per heavy atom. The Morgan fingerprint density at radius 1 is 1.33 bits per heavy atom. The lowest BCUT2D eigenvalue weighted by Gasteiger charge is -2.23. The molecule has 0 amide bonds. The summed E-state index contributed by atoms with van der Waals surface area (Å²) in [6, 6.07) is 4.39. The molecule has 0 aromatic heterocycles. The molecule has 1 unspecified atom stereocenters. The molecule has 3 nitrogen and oxygen atoms in total. The van der Waals surface area contributed by atoms with Crippen molar-refractivity contribution in [2.24, 2.45) is 0 Å². The molecule has 1 aromatic carbocycles. The minimum absolute atomic E-state index is 0.306. The number of halogens is 2. The van der Waals surface area contributed by atoms with E-state index in [2.05, 4.69) is 21.2 Å². The zero-order valence-corrected chi connectivity index (χ0v) is 13.8. The molecule has 1 aliphatic carbocycles. The molecule has 0 spiro atoms. The molecule has 0 heterocycles. The van der Waals surface area contributed by atoms with Gasteiger partial charge < -0.3 is 4.74 Å². The van der Waals surface area contributed by atoms with Gasteiger partial charge in [0.15, 0.2) is 0 Å². The van der Waals surface area contributed by atoms with Crippen LogP contribution >= 0.6 is 15.9 Å². The topological polar surface area (TPSA) is 38.3 Å². The third-order valence-corrected chi connectivity index (χ3v) is 4.58. The van der Waals surface area contributed by atoms with E-state index < -0.39 is 6.04 Å². The highest BCUT2D eigenvalue weighted by Gasteiger charge is 2.25. The van der Waals surface area contributed by atoms with Crippen LogP contribution in [0, 0.1) is 5.82 Å². The van der Waals surface area contributed by atoms with Crippen molar-refractivity contribution in [3.8, 4) is 0 Å². The predicted molar refractivity (Wildman–Crippen MR) is 83.5 cm³/mol. The normalized spacial score (nSPS) is 18.0. The first-order chi connectivity index (χ1) is 10.1. The van der Waals surface area contributed by atoms with Crippen molar-refractivity contribution >= 4 is 21.9 Å². The largest absolute Gasteiger partial charge is 0.468 e. The van der Waals surface area contributed by atoms with Crippen LogP contribution in [0.1, 0.15) is 50.1 Å². The van der Waals surface area contributed by atoms with Crippen LogP contribution in [0.4, 0.5) is 4.39 Å². The highest BCUT2D eigenvalue weighted by atomic mass is 79.9. The minimum Gasteiger partial charge on any atom is -0.468 e. The molecule has 0 bridgehead atoms. The van der Waals surface area contributed by atoms with E-state index in [4.69, 9.17) is 4.74 Å². The molecule has 0 saturated heterocycles. The first-order valence-corrected chi connectivity index (χ1v) is 8.20. The summed E-state index contributed by atoms with van der Waals surface area (Å²) in [6.45, 7) is 0. The number of nitrogens with one attached hydrogen (secondary N) is 1. The van der Waals surface area contributed by atoms with Crippen LogP contribution in [0.3, 0.4) is 0 Å². The summed E-state index contributed by atoms with van der Waals surface area (Å²) in [4.78, 5) is 12.1. The fourth-order valence-corrected chi connectivity index (χ4v) is 3.19. The fourth-order valence-electron chi connectivity index (χ4n) is 2.79. The fraction of sp³-hybridized carbons (Fsp3) is 0.562. The number of carbonyl (C=O) groups is 1. The molecule has 1 saturated carbocycles. The SMILES string of the molecule is COC(=O)C(NC1CCCCCC1)c1ccc(F)c(Br)c1. The summed E-state index contributed by atoms with van der Waals surface area (Å²) in [5.74, 6) is -0.672. The molecule has 1 aromatic rings. The lowest BCUT2D eigenvalue weighted by Crippen LogP contribution is -2.37. The van der Waals surface area contributed by atoms with E-state index in [1.807, 2.05) is 0 Å². The third-order valence-electron chi connectivity index (χ3n) is 3.97. The first kappa shape index (κ1) is 16.4. The summed E-state index contributed by atoms with van der Waals surface area (Å²) < 4.78 is 18.6. The summed E-state index contributed by atoms with van der Waals surface area (Å²) in [6.07, 6.45) is 7.00. The lowest BCUT2D eigenvalue weighted by atomic mass is 10.0. The van der Waals surface area contributed by atoms with E-state index in [9.17, 15) is 9.18 Å². The number of hydrogen-bond donors (Lipinski definition) is 1. The number of rotatable bonds is 4. The Morgan fingerprint density at radius 2 is 2.00 bits per heavy atom. The summed E-state index contributed by atoms with van der Waals surface area (Å²) in [7, 11) is 1.38. The van der Waals surface area contributed by atoms with E-state index in [0.717, 1.165) is 18.4 Å². The van der Waals surface area contributed by atoms with Crippen molar-refractivity contribution < 1.29 is 13.9 Å². The highest BCUT2D eigenvalue weighted by molar-refractivity contribution is 9.10. The Bertz CT molecular complexity index is 487. The van der Waals surface area contributed by atoms with E-state index in [0.29, 0.717) is 10.5 Å². The number of hydrogen-bond acceptors (Lipinski definition) is 3. The van der Waals surface area contributed by atoms with Gasteiger partial charge in [-0.25, -0.2) is 9.18 Å². The molecule has 21 heavy (non-hydrogen) atoms. The number of esters is 1. The van der Waals surface area contributed by atoms with E-state index in [1.54, 1.807) is 12.1 Å². The van der Waals surface area contributed by atoms with Gasteiger partial charge in [-0.05, 0) is 46.5 Å². The zero-order valence-electron chi connectivity index (χ0n) is 12.2. The van der Waals surface area contributed by atoms with Gasteiger partial charge in [-0.3, -0.25) is 5.32 Å². The van der Waals surface area contributed by atoms with Gasteiger partial charge in [-0.15, -0.1) is 0 Å². The molecule has 2 rings (SSSR count). The van der Waals surface area contributed by atoms with Gasteiger partial charge in [0.25, 0.3) is 0 Å². The van der Waals surface area contributed by atoms with E-state index >= 15 is 0 Å². The van der Waals surface area contributed by atoms with Gasteiger partial charge >= 0.3 is 5.97 Å². The van der Waals surface area contributed by atoms with Crippen LogP contribution in [0.15, 0.2) is 22.7 Å². The summed E-state index contributed by atoms with van der Waals surface area (Å²) in [5.41, 5.74) is 0.722. The molecule has 1 fully saturated rings. The Kier molecular flexibility index (Phi) is 6.18. The second-order valence-corrected chi connectivity index (χ2v) is 6.34. The van der Waals surface area contributed by atoms with Crippen LogP contribution in [0.25, 0.3) is 0 Å². The molecule has 5 heteroatoms. The van der Waals surface area contributed by atoms with Crippen LogP contribution in [-0.4, -0.2) is 19.1 Å². The molecular weight excluding hydrogens is 337 g/mol. The summed E-state index contributed by atoms with van der Waals surface area (Å²) >= 11 is 3.17. The number of ether oxygens (including phenoxy) is 1. The van der Waals surface area contributed by atoms with Gasteiger partial charge in [-0.2, -0.15) is 0 Å². The van der Waals surface area contributed by atoms with Crippen LogP contribution in [0.5, 0.6) is 0 Å². The molecular formula is C16H21BrFNO2. The van der Waals surface area contributed by atoms with E-state index in [-0.39, 0.29) is 11.8 Å². The molecule has 1 N–H and O–H groups in total. The Hall–Kier alpha value is -0.940. The van der Waals surface area contributed by atoms with Crippen LogP contribution in [0.2, 0.25) is 0 Å². The quantitative estimate of drug-likeness (QED) is 0.650. The van der Waals surface area contributed by atoms with E-state index in [1.165, 1.54) is 38.9 Å². The first-order valence-electron chi connectivity index (χ1n) is 7.40. The average Bonchev–Trinajstić information content (AvgIpc) is 2.75. The van der Waals surface area contributed by atoms with Gasteiger partial charge in [0.2, 0.25) is 0 Å².